The molecule has 0 atom stereocenters. The number of aromatic nitrogens is 2. The molecule has 1 aliphatic carbocycles. The molecule has 0 saturated carbocycles. The molecule has 2 heterocycles. The average molecular weight is 705 g/mol. The smallest absolute Gasteiger partial charge is 0.0788 e. The van der Waals surface area contributed by atoms with E-state index in [4.69, 9.17) is 9.97 Å². The number of para-hydroxylation sites is 1. The number of rotatable bonds is 7. The van der Waals surface area contributed by atoms with Crippen molar-refractivity contribution < 1.29 is 0 Å². The van der Waals surface area contributed by atoms with Gasteiger partial charge in [0.15, 0.2) is 0 Å². The molecule has 0 spiro atoms. The molecule has 7 aromatic carbocycles. The fourth-order valence-electron chi connectivity index (χ4n) is 8.62. The van der Waals surface area contributed by atoms with Crippen molar-refractivity contribution in [1.82, 2.24) is 9.97 Å². The van der Waals surface area contributed by atoms with Crippen LogP contribution in [-0.2, 0) is 6.42 Å². The summed E-state index contributed by atoms with van der Waals surface area (Å²) in [5.41, 5.74) is 15.5. The van der Waals surface area contributed by atoms with Crippen molar-refractivity contribution in [3.05, 3.63) is 193 Å². The predicted molar refractivity (Wildman–Crippen MR) is 234 cm³/mol. The number of pyridine rings is 2. The van der Waals surface area contributed by atoms with Crippen LogP contribution < -0.4 is 0 Å². The van der Waals surface area contributed by atoms with Crippen LogP contribution in [0.2, 0.25) is 0 Å². The van der Waals surface area contributed by atoms with Crippen LogP contribution in [0.1, 0.15) is 43.0 Å². The van der Waals surface area contributed by atoms with Crippen molar-refractivity contribution in [2.75, 3.05) is 0 Å². The van der Waals surface area contributed by atoms with E-state index in [0.717, 1.165) is 59.4 Å². The summed E-state index contributed by atoms with van der Waals surface area (Å²) in [5.74, 6) is 0. The lowest BCUT2D eigenvalue weighted by atomic mass is 9.86. The van der Waals surface area contributed by atoms with Gasteiger partial charge in [0.05, 0.1) is 22.6 Å². The monoisotopic (exact) mass is 704 g/mol. The van der Waals surface area contributed by atoms with Crippen LogP contribution in [0.3, 0.4) is 0 Å². The Morgan fingerprint density at radius 3 is 2.16 bits per heavy atom. The van der Waals surface area contributed by atoms with Gasteiger partial charge in [-0.25, -0.2) is 9.97 Å². The highest BCUT2D eigenvalue weighted by atomic mass is 14.7. The van der Waals surface area contributed by atoms with E-state index in [2.05, 4.69) is 177 Å². The third-order valence-electron chi connectivity index (χ3n) is 11.7. The van der Waals surface area contributed by atoms with Crippen molar-refractivity contribution in [3.63, 3.8) is 0 Å². The van der Waals surface area contributed by atoms with Crippen molar-refractivity contribution in [1.29, 1.82) is 0 Å². The molecule has 2 nitrogen and oxygen atoms in total. The molecule has 1 aliphatic rings. The average Bonchev–Trinajstić information content (AvgIpc) is 3.25. The zero-order valence-corrected chi connectivity index (χ0v) is 31.0. The predicted octanol–water partition coefficient (Wildman–Crippen LogP) is 14.3. The highest BCUT2D eigenvalue weighted by Gasteiger charge is 2.19. The van der Waals surface area contributed by atoms with Crippen LogP contribution in [0.15, 0.2) is 176 Å². The Morgan fingerprint density at radius 2 is 1.25 bits per heavy atom. The summed E-state index contributed by atoms with van der Waals surface area (Å²) in [5, 5.41) is 8.58. The standard InChI is InChI=1S/C53H40N2/c1-34(19-20-36-21-22-39-28-30-49(54-52(39)35(36)2)38-12-4-3-5-13-38)40-23-24-44-32-43(26-25-42(44)31-40)41-14-10-15-45(33-41)53-48-29-27-37-11-6-7-16-46(37)51(48)47-17-8-9-18-50(47)55-53/h3-18,23-33H,1,19-22H2,2H3. The molecule has 0 unspecified atom stereocenters. The number of aryl methyl sites for hydroxylation is 1. The van der Waals surface area contributed by atoms with E-state index in [9.17, 15) is 0 Å². The van der Waals surface area contributed by atoms with E-state index in [0.29, 0.717) is 0 Å². The molecule has 9 aromatic rings. The Morgan fingerprint density at radius 1 is 0.527 bits per heavy atom. The Balaban J connectivity index is 0.914. The van der Waals surface area contributed by atoms with Crippen LogP contribution in [0.25, 0.3) is 88.0 Å². The normalized spacial score (nSPS) is 12.8. The van der Waals surface area contributed by atoms with Crippen LogP contribution in [0.5, 0.6) is 0 Å². The minimum atomic E-state index is 0.935. The minimum absolute atomic E-state index is 0.935. The SMILES string of the molecule is C=C(CCC1=C(C)c2nc(-c3ccccc3)ccc2CC1)c1ccc2cc(-c3cccc(-c4nc5ccccc5c5c4ccc4ccccc45)c3)ccc2c1. The van der Waals surface area contributed by atoms with Gasteiger partial charge in [-0.1, -0.05) is 146 Å². The van der Waals surface area contributed by atoms with Crippen molar-refractivity contribution >= 4 is 54.4 Å². The molecule has 0 aliphatic heterocycles. The number of hydrogen-bond donors (Lipinski definition) is 0. The first kappa shape index (κ1) is 33.0. The maximum absolute atomic E-state index is 5.25. The summed E-state index contributed by atoms with van der Waals surface area (Å²) in [6.45, 7) is 6.81. The van der Waals surface area contributed by atoms with Gasteiger partial charge in [0.1, 0.15) is 0 Å². The first-order valence-corrected chi connectivity index (χ1v) is 19.3. The molecule has 0 bridgehead atoms. The fourth-order valence-corrected chi connectivity index (χ4v) is 8.62. The summed E-state index contributed by atoms with van der Waals surface area (Å²) in [7, 11) is 0. The summed E-state index contributed by atoms with van der Waals surface area (Å²) < 4.78 is 0. The third kappa shape index (κ3) is 6.01. The minimum Gasteiger partial charge on any atom is -0.248 e. The largest absolute Gasteiger partial charge is 0.248 e. The van der Waals surface area contributed by atoms with E-state index in [1.54, 1.807) is 0 Å². The molecular formula is C53H40N2. The third-order valence-corrected chi connectivity index (χ3v) is 11.7. The second-order valence-corrected chi connectivity index (χ2v) is 14.9. The molecule has 0 N–H and O–H groups in total. The highest BCUT2D eigenvalue weighted by molar-refractivity contribution is 6.22. The topological polar surface area (TPSA) is 25.8 Å². The Kier molecular flexibility index (Phi) is 8.18. The number of fused-ring (bicyclic) bond motifs is 7. The van der Waals surface area contributed by atoms with Crippen LogP contribution in [0.4, 0.5) is 0 Å². The lowest BCUT2D eigenvalue weighted by Gasteiger charge is -2.22. The molecule has 0 fully saturated rings. The lowest BCUT2D eigenvalue weighted by Crippen LogP contribution is -2.07. The number of benzene rings is 7. The Labute approximate surface area is 322 Å². The zero-order valence-electron chi connectivity index (χ0n) is 31.0. The van der Waals surface area contributed by atoms with Crippen molar-refractivity contribution in [2.45, 2.75) is 32.6 Å². The maximum atomic E-state index is 5.25. The number of nitrogens with zero attached hydrogens (tertiary/aromatic N) is 2. The van der Waals surface area contributed by atoms with Gasteiger partial charge < -0.3 is 0 Å². The first-order chi connectivity index (χ1) is 27.1. The van der Waals surface area contributed by atoms with Gasteiger partial charge in [-0.15, -0.1) is 0 Å². The molecule has 0 radical (unpaired) electrons. The van der Waals surface area contributed by atoms with Gasteiger partial charge in [-0.05, 0) is 118 Å². The molecule has 0 amide bonds. The molecule has 262 valence electrons. The van der Waals surface area contributed by atoms with E-state index in [1.807, 2.05) is 0 Å². The van der Waals surface area contributed by atoms with Crippen molar-refractivity contribution in [3.8, 4) is 33.6 Å². The second kappa shape index (κ2) is 13.6. The summed E-state index contributed by atoms with van der Waals surface area (Å²) >= 11 is 0. The Bertz CT molecular complexity index is 2990. The maximum Gasteiger partial charge on any atom is 0.0788 e. The summed E-state index contributed by atoms with van der Waals surface area (Å²) in [4.78, 5) is 10.4. The zero-order chi connectivity index (χ0) is 36.9. The number of hydrogen-bond acceptors (Lipinski definition) is 2. The fraction of sp³-hybridized carbons (Fsp3) is 0.0943. The van der Waals surface area contributed by atoms with Gasteiger partial charge in [0.25, 0.3) is 0 Å². The number of allylic oxidation sites excluding steroid dienone is 3. The van der Waals surface area contributed by atoms with Crippen molar-refractivity contribution in [2.24, 2.45) is 0 Å². The molecule has 2 aromatic heterocycles. The van der Waals surface area contributed by atoms with Gasteiger partial charge in [0, 0.05) is 27.3 Å². The molecule has 10 rings (SSSR count). The molecule has 55 heavy (non-hydrogen) atoms. The van der Waals surface area contributed by atoms with Crippen LogP contribution in [0, 0.1) is 0 Å². The highest BCUT2D eigenvalue weighted by Crippen LogP contribution is 2.39. The Hall–Kier alpha value is -6.64. The van der Waals surface area contributed by atoms with Gasteiger partial charge >= 0.3 is 0 Å². The van der Waals surface area contributed by atoms with E-state index >= 15 is 0 Å². The summed E-state index contributed by atoms with van der Waals surface area (Å²) in [6.07, 6.45) is 4.07. The van der Waals surface area contributed by atoms with E-state index in [-0.39, 0.29) is 0 Å². The van der Waals surface area contributed by atoms with Crippen LogP contribution in [-0.4, -0.2) is 9.97 Å². The van der Waals surface area contributed by atoms with E-state index < -0.39 is 0 Å². The second-order valence-electron chi connectivity index (χ2n) is 14.9. The van der Waals surface area contributed by atoms with Gasteiger partial charge in [0.2, 0.25) is 0 Å². The molecule has 0 saturated heterocycles. The molecular weight excluding hydrogens is 665 g/mol. The summed E-state index contributed by atoms with van der Waals surface area (Å²) in [6, 6.07) is 59.0. The lowest BCUT2D eigenvalue weighted by molar-refractivity contribution is 0.829. The first-order valence-electron chi connectivity index (χ1n) is 19.3. The van der Waals surface area contributed by atoms with E-state index in [1.165, 1.54) is 76.7 Å². The quantitative estimate of drug-likeness (QED) is 0.154. The van der Waals surface area contributed by atoms with Gasteiger partial charge in [-0.3, -0.25) is 0 Å². The van der Waals surface area contributed by atoms with Gasteiger partial charge in [-0.2, -0.15) is 0 Å². The molecule has 2 heteroatoms. The van der Waals surface area contributed by atoms with Crippen LogP contribution >= 0.6 is 0 Å².